The molecule has 3 N–H and O–H groups in total. The van der Waals surface area contributed by atoms with Crippen LogP contribution in [0.4, 0.5) is 0 Å². The van der Waals surface area contributed by atoms with Gasteiger partial charge < -0.3 is 15.9 Å². The summed E-state index contributed by atoms with van der Waals surface area (Å²) in [5, 5.41) is 18.9. The molecule has 0 bridgehead atoms. The van der Waals surface area contributed by atoms with Crippen LogP contribution in [0.1, 0.15) is 0 Å². The summed E-state index contributed by atoms with van der Waals surface area (Å²) < 4.78 is 0. The number of carboxylic acid groups (broad SMARTS) is 1. The smallest absolute Gasteiger partial charge is 0.861 e. The average molecular weight is 184 g/mol. The summed E-state index contributed by atoms with van der Waals surface area (Å²) in [5.41, 5.74) is 4.91. The van der Waals surface area contributed by atoms with Crippen LogP contribution in [0.5, 0.6) is 0 Å². The van der Waals surface area contributed by atoms with Crippen molar-refractivity contribution >= 4 is 24.5 Å². The van der Waals surface area contributed by atoms with Gasteiger partial charge in [0.05, 0.1) is 0 Å². The second-order valence-electron chi connectivity index (χ2n) is 1.76. The summed E-state index contributed by atoms with van der Waals surface area (Å²) >= 11 is 3.70. The predicted molar refractivity (Wildman–Crippen MR) is 41.8 cm³/mol. The van der Waals surface area contributed by atoms with Crippen LogP contribution in [0, 0.1) is 0 Å². The Hall–Kier alpha value is -0.153. The molecule has 0 unspecified atom stereocenters. The number of aliphatic imine (C=N–C) groups is 1. The van der Waals surface area contributed by atoms with Gasteiger partial charge in [0, 0.05) is 12.3 Å². The largest absolute Gasteiger partial charge is 1.00 e. The van der Waals surface area contributed by atoms with Crippen LogP contribution in [0.2, 0.25) is 0 Å². The van der Waals surface area contributed by atoms with Crippen LogP contribution in [0.3, 0.4) is 0 Å². The summed E-state index contributed by atoms with van der Waals surface area (Å²) in [7, 11) is 0. The zero-order valence-corrected chi connectivity index (χ0v) is 7.62. The summed E-state index contributed by atoms with van der Waals surface area (Å²) in [6.07, 6.45) is 0. The first-order valence-corrected chi connectivity index (χ1v) is 3.52. The predicted octanol–water partition coefficient (Wildman–Crippen LogP) is -4.91. The maximum atomic E-state index is 10.5. The van der Waals surface area contributed by atoms with E-state index in [9.17, 15) is 9.90 Å². The van der Waals surface area contributed by atoms with Crippen molar-refractivity contribution in [1.29, 1.82) is 0 Å². The van der Waals surface area contributed by atoms with E-state index in [1.54, 1.807) is 0 Å². The molecule has 5 nitrogen and oxygen atoms in total. The summed E-state index contributed by atoms with van der Waals surface area (Å²) in [6.45, 7) is -0.266. The minimum absolute atomic E-state index is 0. The van der Waals surface area contributed by atoms with Crippen LogP contribution in [-0.2, 0) is 4.79 Å². The first-order valence-electron chi connectivity index (χ1n) is 2.89. The molecule has 0 aliphatic carbocycles. The second kappa shape index (κ2) is 7.49. The molecule has 0 aliphatic heterocycles. The van der Waals surface area contributed by atoms with E-state index >= 15 is 0 Å². The topological polar surface area (TPSA) is 98.7 Å². The molecule has 64 valence electrons. The van der Waals surface area contributed by atoms with Gasteiger partial charge in [0.1, 0.15) is 0 Å². The van der Waals surface area contributed by atoms with Crippen molar-refractivity contribution < 1.29 is 33.9 Å². The summed E-state index contributed by atoms with van der Waals surface area (Å²) in [4.78, 5) is 13.5. The van der Waals surface area contributed by atoms with Crippen molar-refractivity contribution in [2.75, 3.05) is 12.3 Å². The molecule has 0 saturated heterocycles. The Labute approximate surface area is 87.6 Å². The minimum atomic E-state index is -1.16. The van der Waals surface area contributed by atoms with Crippen LogP contribution in [-0.4, -0.2) is 35.3 Å². The number of nitrogens with zero attached hydrogens (tertiary/aromatic N) is 1. The molecule has 0 rings (SSSR count). The van der Waals surface area contributed by atoms with Crippen LogP contribution in [0.15, 0.2) is 4.99 Å². The molecule has 12 heavy (non-hydrogen) atoms. The molecule has 0 amide bonds. The van der Waals surface area contributed by atoms with E-state index in [1.165, 1.54) is 0 Å². The van der Waals surface area contributed by atoms with Gasteiger partial charge in [-0.25, -0.2) is 4.79 Å². The van der Waals surface area contributed by atoms with E-state index in [2.05, 4.69) is 17.6 Å². The van der Waals surface area contributed by atoms with Crippen molar-refractivity contribution in [1.82, 2.24) is 0 Å². The molecular weight excluding hydrogens is 175 g/mol. The Balaban J connectivity index is 0. The van der Waals surface area contributed by atoms with Gasteiger partial charge in [0.15, 0.2) is 6.04 Å². The number of aliphatic carboxylic acids is 1. The van der Waals surface area contributed by atoms with Gasteiger partial charge in [-0.2, -0.15) is 12.6 Å². The molecule has 1 atom stereocenters. The SMILES string of the molecule is NCC([O-])=N[C@@H](CS)C(=O)O.[Li+]. The van der Waals surface area contributed by atoms with Gasteiger partial charge in [-0.15, -0.1) is 0 Å². The fourth-order valence-corrected chi connectivity index (χ4v) is 0.638. The summed E-state index contributed by atoms with van der Waals surface area (Å²) in [6, 6.07) is -1.07. The third-order valence-corrected chi connectivity index (χ3v) is 1.28. The van der Waals surface area contributed by atoms with E-state index < -0.39 is 17.9 Å². The van der Waals surface area contributed by atoms with E-state index in [0.29, 0.717) is 0 Å². The fraction of sp³-hybridized carbons (Fsp3) is 0.600. The van der Waals surface area contributed by atoms with Gasteiger partial charge in [-0.05, 0) is 5.90 Å². The molecule has 0 aromatic rings. The normalized spacial score (nSPS) is 13.3. The van der Waals surface area contributed by atoms with Gasteiger partial charge in [0.25, 0.3) is 0 Å². The van der Waals surface area contributed by atoms with Crippen LogP contribution < -0.4 is 29.7 Å². The number of hydrogen-bond donors (Lipinski definition) is 3. The van der Waals surface area contributed by atoms with Crippen molar-refractivity contribution in [2.45, 2.75) is 6.04 Å². The quantitative estimate of drug-likeness (QED) is 0.176. The third kappa shape index (κ3) is 5.49. The first kappa shape index (κ1) is 14.4. The molecular formula is C5H9LiN2O3S. The zero-order chi connectivity index (χ0) is 8.85. The minimum Gasteiger partial charge on any atom is -0.861 e. The second-order valence-corrected chi connectivity index (χ2v) is 2.13. The first-order chi connectivity index (χ1) is 5.11. The number of carboxylic acids is 1. The fourth-order valence-electron chi connectivity index (χ4n) is 0.401. The number of hydrogen-bond acceptors (Lipinski definition) is 5. The number of nitrogens with two attached hydrogens (primary N) is 1. The van der Waals surface area contributed by atoms with E-state index in [-0.39, 0.29) is 31.2 Å². The maximum absolute atomic E-state index is 10.5. The summed E-state index contributed by atoms with van der Waals surface area (Å²) in [5.74, 6) is -1.78. The molecule has 0 aromatic carbocycles. The Bertz CT molecular complexity index is 176. The number of rotatable bonds is 4. The number of thiol groups is 1. The number of carbonyl (C=O) groups is 1. The van der Waals surface area contributed by atoms with Gasteiger partial charge in [-0.1, -0.05) is 0 Å². The standard InChI is InChI=1S/C5H10N2O3S.Li/c6-1-4(8)7-3(2-11)5(9)10;/h3,11H,1-2,6H2,(H,7,8)(H,9,10);/q;+1/p-1/t3-;/m0./s1. The van der Waals surface area contributed by atoms with Crippen molar-refractivity contribution in [3.05, 3.63) is 0 Å². The Kier molecular flexibility index (Phi) is 8.98. The van der Waals surface area contributed by atoms with Crippen LogP contribution in [0.25, 0.3) is 0 Å². The molecule has 0 radical (unpaired) electrons. The molecule has 7 heteroatoms. The van der Waals surface area contributed by atoms with E-state index in [0.717, 1.165) is 0 Å². The van der Waals surface area contributed by atoms with Gasteiger partial charge >= 0.3 is 24.8 Å². The molecule has 0 heterocycles. The molecule has 0 fully saturated rings. The van der Waals surface area contributed by atoms with Crippen molar-refractivity contribution in [2.24, 2.45) is 10.7 Å². The Morgan fingerprint density at radius 1 is 1.75 bits per heavy atom. The van der Waals surface area contributed by atoms with Gasteiger partial charge in [-0.3, -0.25) is 4.99 Å². The van der Waals surface area contributed by atoms with Crippen molar-refractivity contribution in [3.8, 4) is 0 Å². The molecule has 0 aliphatic rings. The monoisotopic (exact) mass is 184 g/mol. The molecule has 0 spiro atoms. The van der Waals surface area contributed by atoms with Crippen LogP contribution >= 0.6 is 12.6 Å². The molecule has 0 saturated carbocycles. The van der Waals surface area contributed by atoms with E-state index in [1.807, 2.05) is 0 Å². The Morgan fingerprint density at radius 3 is 2.50 bits per heavy atom. The van der Waals surface area contributed by atoms with E-state index in [4.69, 9.17) is 10.8 Å². The van der Waals surface area contributed by atoms with Crippen molar-refractivity contribution in [3.63, 3.8) is 0 Å². The maximum Gasteiger partial charge on any atom is 1.00 e. The van der Waals surface area contributed by atoms with Gasteiger partial charge in [0.2, 0.25) is 0 Å². The third-order valence-electron chi connectivity index (χ3n) is 0.932. The zero-order valence-electron chi connectivity index (χ0n) is 6.73. The molecule has 0 aromatic heterocycles. The Morgan fingerprint density at radius 2 is 2.25 bits per heavy atom. The average Bonchev–Trinajstić information content (AvgIpc) is 1.99.